The van der Waals surface area contributed by atoms with Crippen LogP contribution < -0.4 is 0 Å². The van der Waals surface area contributed by atoms with E-state index in [1.165, 1.54) is 0 Å². The van der Waals surface area contributed by atoms with E-state index in [4.69, 9.17) is 10.00 Å². The van der Waals surface area contributed by atoms with Crippen molar-refractivity contribution in [3.63, 3.8) is 0 Å². The number of amides is 1. The fourth-order valence-electron chi connectivity index (χ4n) is 1.68. The van der Waals surface area contributed by atoms with Crippen molar-refractivity contribution in [3.8, 4) is 6.07 Å². The van der Waals surface area contributed by atoms with Crippen LogP contribution in [0.15, 0.2) is 0 Å². The van der Waals surface area contributed by atoms with Gasteiger partial charge in [-0.15, -0.1) is 0 Å². The van der Waals surface area contributed by atoms with Crippen LogP contribution in [0.2, 0.25) is 0 Å². The summed E-state index contributed by atoms with van der Waals surface area (Å²) in [7, 11) is 0. The topological polar surface area (TPSA) is 53.3 Å². The zero-order chi connectivity index (χ0) is 10.6. The van der Waals surface area contributed by atoms with Crippen molar-refractivity contribution in [3.05, 3.63) is 0 Å². The number of hydrogen-bond donors (Lipinski definition) is 0. The number of rotatable bonds is 4. The Labute approximate surface area is 84.4 Å². The third-order valence-electron chi connectivity index (χ3n) is 2.33. The molecule has 4 heteroatoms. The van der Waals surface area contributed by atoms with Gasteiger partial charge in [0.05, 0.1) is 18.1 Å². The molecule has 1 aliphatic heterocycles. The molecule has 2 atom stereocenters. The smallest absolute Gasteiger partial charge is 0.224 e. The molecule has 0 N–H and O–H groups in total. The molecule has 0 aromatic carbocycles. The zero-order valence-electron chi connectivity index (χ0n) is 8.69. The summed E-state index contributed by atoms with van der Waals surface area (Å²) in [6.45, 7) is 5.69. The van der Waals surface area contributed by atoms with E-state index in [-0.39, 0.29) is 17.9 Å². The SMILES string of the molecule is CCOC(C)CN1CC(C#N)CC1=O. The van der Waals surface area contributed by atoms with E-state index in [1.54, 1.807) is 4.90 Å². The van der Waals surface area contributed by atoms with Gasteiger partial charge in [0.1, 0.15) is 0 Å². The first-order valence-corrected chi connectivity index (χ1v) is 4.96. The van der Waals surface area contributed by atoms with Crippen molar-refractivity contribution in [1.29, 1.82) is 5.26 Å². The molecule has 0 bridgehead atoms. The van der Waals surface area contributed by atoms with Crippen LogP contribution in [0.4, 0.5) is 0 Å². The first-order valence-electron chi connectivity index (χ1n) is 4.96. The van der Waals surface area contributed by atoms with Crippen molar-refractivity contribution in [2.24, 2.45) is 5.92 Å². The maximum absolute atomic E-state index is 11.4. The molecule has 1 heterocycles. The lowest BCUT2D eigenvalue weighted by molar-refractivity contribution is -0.129. The van der Waals surface area contributed by atoms with Gasteiger partial charge in [0.2, 0.25) is 5.91 Å². The highest BCUT2D eigenvalue weighted by Gasteiger charge is 2.30. The molecular formula is C10H16N2O2. The quantitative estimate of drug-likeness (QED) is 0.667. The van der Waals surface area contributed by atoms with E-state index < -0.39 is 0 Å². The standard InChI is InChI=1S/C10H16N2O2/c1-3-14-8(2)6-12-7-9(5-11)4-10(12)13/h8-9H,3-4,6-7H2,1-2H3. The van der Waals surface area contributed by atoms with Gasteiger partial charge in [0.15, 0.2) is 0 Å². The van der Waals surface area contributed by atoms with Gasteiger partial charge in [0, 0.05) is 26.1 Å². The van der Waals surface area contributed by atoms with Crippen LogP contribution >= 0.6 is 0 Å². The van der Waals surface area contributed by atoms with E-state index in [1.807, 2.05) is 13.8 Å². The maximum Gasteiger partial charge on any atom is 0.224 e. The van der Waals surface area contributed by atoms with E-state index in [0.29, 0.717) is 26.1 Å². The number of carbonyl (C=O) groups excluding carboxylic acids is 1. The van der Waals surface area contributed by atoms with E-state index in [0.717, 1.165) is 0 Å². The fourth-order valence-corrected chi connectivity index (χ4v) is 1.68. The molecule has 0 aliphatic carbocycles. The molecule has 1 amide bonds. The Bertz CT molecular complexity index is 247. The second-order valence-electron chi connectivity index (χ2n) is 3.59. The Morgan fingerprint density at radius 1 is 1.79 bits per heavy atom. The molecule has 14 heavy (non-hydrogen) atoms. The molecule has 0 radical (unpaired) electrons. The first-order chi connectivity index (χ1) is 6.67. The maximum atomic E-state index is 11.4. The Morgan fingerprint density at radius 3 is 3.00 bits per heavy atom. The van der Waals surface area contributed by atoms with Crippen LogP contribution in [0, 0.1) is 17.2 Å². The van der Waals surface area contributed by atoms with Crippen LogP contribution in [0.25, 0.3) is 0 Å². The lowest BCUT2D eigenvalue weighted by atomic mass is 10.1. The lowest BCUT2D eigenvalue weighted by Crippen LogP contribution is -2.33. The summed E-state index contributed by atoms with van der Waals surface area (Å²) in [5, 5.41) is 8.68. The first kappa shape index (κ1) is 11.0. The molecular weight excluding hydrogens is 180 g/mol. The van der Waals surface area contributed by atoms with Crippen LogP contribution in [-0.2, 0) is 9.53 Å². The predicted octanol–water partition coefficient (Wildman–Crippen LogP) is 0.783. The van der Waals surface area contributed by atoms with Gasteiger partial charge in [-0.2, -0.15) is 5.26 Å². The van der Waals surface area contributed by atoms with Crippen molar-refractivity contribution in [2.45, 2.75) is 26.4 Å². The predicted molar refractivity (Wildman–Crippen MR) is 51.4 cm³/mol. The summed E-state index contributed by atoms with van der Waals surface area (Å²) in [6.07, 6.45) is 0.427. The summed E-state index contributed by atoms with van der Waals surface area (Å²) in [6, 6.07) is 2.13. The molecule has 1 fully saturated rings. The third-order valence-corrected chi connectivity index (χ3v) is 2.33. The Hall–Kier alpha value is -1.08. The molecule has 0 spiro atoms. The second-order valence-corrected chi connectivity index (χ2v) is 3.59. The normalized spacial score (nSPS) is 23.6. The van der Waals surface area contributed by atoms with E-state index >= 15 is 0 Å². The summed E-state index contributed by atoms with van der Waals surface area (Å²) in [4.78, 5) is 13.1. The average molecular weight is 196 g/mol. The summed E-state index contributed by atoms with van der Waals surface area (Å²) < 4.78 is 5.34. The highest BCUT2D eigenvalue weighted by molar-refractivity contribution is 5.79. The summed E-state index contributed by atoms with van der Waals surface area (Å²) in [5.74, 6) is -0.0561. The largest absolute Gasteiger partial charge is 0.377 e. The molecule has 4 nitrogen and oxygen atoms in total. The van der Waals surface area contributed by atoms with Gasteiger partial charge >= 0.3 is 0 Å². The Morgan fingerprint density at radius 2 is 2.50 bits per heavy atom. The van der Waals surface area contributed by atoms with Gasteiger partial charge in [-0.1, -0.05) is 0 Å². The molecule has 0 saturated carbocycles. The fraction of sp³-hybridized carbons (Fsp3) is 0.800. The number of hydrogen-bond acceptors (Lipinski definition) is 3. The van der Waals surface area contributed by atoms with Gasteiger partial charge in [-0.25, -0.2) is 0 Å². The van der Waals surface area contributed by atoms with Crippen molar-refractivity contribution in [1.82, 2.24) is 4.90 Å². The number of nitrogens with zero attached hydrogens (tertiary/aromatic N) is 2. The second kappa shape index (κ2) is 4.97. The number of carbonyl (C=O) groups is 1. The number of ether oxygens (including phenoxy) is 1. The number of likely N-dealkylation sites (tertiary alicyclic amines) is 1. The molecule has 78 valence electrons. The molecule has 1 saturated heterocycles. The average Bonchev–Trinajstić information content (AvgIpc) is 2.48. The zero-order valence-corrected chi connectivity index (χ0v) is 8.69. The van der Waals surface area contributed by atoms with Crippen LogP contribution in [0.5, 0.6) is 0 Å². The summed E-state index contributed by atoms with van der Waals surface area (Å²) >= 11 is 0. The summed E-state index contributed by atoms with van der Waals surface area (Å²) in [5.41, 5.74) is 0. The number of nitriles is 1. The minimum atomic E-state index is -0.128. The molecule has 2 unspecified atom stereocenters. The van der Waals surface area contributed by atoms with Crippen LogP contribution in [0.1, 0.15) is 20.3 Å². The van der Waals surface area contributed by atoms with Gasteiger partial charge < -0.3 is 9.64 Å². The van der Waals surface area contributed by atoms with Gasteiger partial charge in [-0.3, -0.25) is 4.79 Å². The highest BCUT2D eigenvalue weighted by Crippen LogP contribution is 2.17. The van der Waals surface area contributed by atoms with E-state index in [9.17, 15) is 4.79 Å². The van der Waals surface area contributed by atoms with E-state index in [2.05, 4.69) is 6.07 Å². The van der Waals surface area contributed by atoms with Crippen LogP contribution in [0.3, 0.4) is 0 Å². The van der Waals surface area contributed by atoms with Gasteiger partial charge in [-0.05, 0) is 13.8 Å². The molecule has 0 aromatic heterocycles. The molecule has 1 rings (SSSR count). The lowest BCUT2D eigenvalue weighted by Gasteiger charge is -2.20. The minimum absolute atomic E-state index is 0.0568. The van der Waals surface area contributed by atoms with Crippen LogP contribution in [-0.4, -0.2) is 36.6 Å². The minimum Gasteiger partial charge on any atom is -0.377 e. The van der Waals surface area contributed by atoms with Crippen molar-refractivity contribution >= 4 is 5.91 Å². The monoisotopic (exact) mass is 196 g/mol. The highest BCUT2D eigenvalue weighted by atomic mass is 16.5. The van der Waals surface area contributed by atoms with Crippen molar-refractivity contribution in [2.75, 3.05) is 19.7 Å². The van der Waals surface area contributed by atoms with Crippen molar-refractivity contribution < 1.29 is 9.53 Å². The molecule has 1 aliphatic rings. The Balaban J connectivity index is 2.39. The van der Waals surface area contributed by atoms with Gasteiger partial charge in [0.25, 0.3) is 0 Å². The Kier molecular flexibility index (Phi) is 3.90. The molecule has 0 aromatic rings. The third kappa shape index (κ3) is 2.71.